The van der Waals surface area contributed by atoms with E-state index in [4.69, 9.17) is 0 Å². The van der Waals surface area contributed by atoms with Crippen LogP contribution >= 0.6 is 0 Å². The summed E-state index contributed by atoms with van der Waals surface area (Å²) in [4.78, 5) is 33.0. The number of ether oxygens (including phenoxy) is 1. The van der Waals surface area contributed by atoms with E-state index in [2.05, 4.69) is 65.9 Å². The van der Waals surface area contributed by atoms with E-state index in [1.807, 2.05) is 27.0 Å². The molecule has 0 unspecified atom stereocenters. The van der Waals surface area contributed by atoms with Crippen LogP contribution in [0, 0.1) is 0 Å². The molecule has 1 aliphatic carbocycles. The Morgan fingerprint density at radius 2 is 1.88 bits per heavy atom. The molecular formula is C26H44N4O3. The zero-order chi connectivity index (χ0) is 25.2. The van der Waals surface area contributed by atoms with Gasteiger partial charge in [0.25, 0.3) is 0 Å². The van der Waals surface area contributed by atoms with Crippen LogP contribution in [0.1, 0.15) is 85.7 Å². The Morgan fingerprint density at radius 1 is 1.21 bits per heavy atom. The molecular weight excluding hydrogens is 416 g/mol. The zero-order valence-corrected chi connectivity index (χ0v) is 21.9. The highest BCUT2D eigenvalue weighted by Gasteiger charge is 2.17. The number of carbonyl (C=O) groups excluding carboxylic acids is 2. The van der Waals surface area contributed by atoms with Crippen molar-refractivity contribution in [3.05, 3.63) is 47.1 Å². The van der Waals surface area contributed by atoms with Crippen LogP contribution in [0.2, 0.25) is 0 Å². The highest BCUT2D eigenvalue weighted by molar-refractivity contribution is 5.82. The number of rotatable bonds is 8. The third-order valence-electron chi connectivity index (χ3n) is 4.82. The summed E-state index contributed by atoms with van der Waals surface area (Å²) in [6.45, 7) is 15.3. The number of aromatic amines is 1. The van der Waals surface area contributed by atoms with Gasteiger partial charge >= 0.3 is 6.09 Å². The number of H-pyrrole nitrogens is 1. The van der Waals surface area contributed by atoms with Crippen LogP contribution in [0.25, 0.3) is 5.57 Å². The van der Waals surface area contributed by atoms with E-state index < -0.39 is 6.09 Å². The van der Waals surface area contributed by atoms with Gasteiger partial charge in [0.1, 0.15) is 12.4 Å². The molecule has 1 heterocycles. The molecule has 2 N–H and O–H groups in total. The smallest absolute Gasteiger partial charge is 0.407 e. The summed E-state index contributed by atoms with van der Waals surface area (Å²) in [5.41, 5.74) is 4.88. The number of alkyl carbamates (subject to hydrolysis) is 1. The zero-order valence-electron chi connectivity index (χ0n) is 21.9. The second kappa shape index (κ2) is 17.7. The first-order chi connectivity index (χ1) is 15.9. The molecule has 0 fully saturated rings. The summed E-state index contributed by atoms with van der Waals surface area (Å²) in [7, 11) is 1.27. The molecule has 7 heteroatoms. The Kier molecular flexibility index (Phi) is 16.2. The largest absolute Gasteiger partial charge is 0.453 e. The Bertz CT molecular complexity index is 806. The number of methoxy groups -OCH3 is 1. The number of hydrogen-bond acceptors (Lipinski definition) is 4. The Hall–Kier alpha value is -2.83. The molecule has 33 heavy (non-hydrogen) atoms. The third kappa shape index (κ3) is 11.0. The Labute approximate surface area is 200 Å². The molecule has 1 aliphatic rings. The lowest BCUT2D eigenvalue weighted by Gasteiger charge is -2.21. The number of aromatic nitrogens is 2. The first kappa shape index (κ1) is 30.2. The molecule has 0 saturated heterocycles. The van der Waals surface area contributed by atoms with Crippen molar-refractivity contribution in [2.75, 3.05) is 20.2 Å². The predicted molar refractivity (Wildman–Crippen MR) is 137 cm³/mol. The molecule has 7 nitrogen and oxygen atoms in total. The van der Waals surface area contributed by atoms with Gasteiger partial charge in [0.05, 0.1) is 25.5 Å². The normalized spacial score (nSPS) is 12.8. The average molecular weight is 461 g/mol. The van der Waals surface area contributed by atoms with E-state index in [-0.39, 0.29) is 12.5 Å². The lowest BCUT2D eigenvalue weighted by atomic mass is 9.92. The van der Waals surface area contributed by atoms with Crippen LogP contribution in [-0.4, -0.2) is 47.1 Å². The van der Waals surface area contributed by atoms with E-state index in [0.29, 0.717) is 13.1 Å². The second-order valence-corrected chi connectivity index (χ2v) is 7.47. The molecule has 0 atom stereocenters. The molecule has 2 rings (SSSR count). The summed E-state index contributed by atoms with van der Waals surface area (Å²) in [6, 6.07) is 0. The van der Waals surface area contributed by atoms with Crippen molar-refractivity contribution in [1.29, 1.82) is 0 Å². The first-order valence-electron chi connectivity index (χ1n) is 12.1. The fraction of sp³-hybridized carbons (Fsp3) is 0.577. The van der Waals surface area contributed by atoms with E-state index in [1.165, 1.54) is 30.2 Å². The minimum absolute atomic E-state index is 0.0940. The summed E-state index contributed by atoms with van der Waals surface area (Å²) in [6.07, 6.45) is 11.7. The maximum atomic E-state index is 12.4. The van der Waals surface area contributed by atoms with Crippen molar-refractivity contribution < 1.29 is 14.3 Å². The number of nitrogens with zero attached hydrogens (tertiary/aromatic N) is 2. The molecule has 0 aromatic carbocycles. The van der Waals surface area contributed by atoms with E-state index in [9.17, 15) is 9.59 Å². The quantitative estimate of drug-likeness (QED) is 0.497. The molecule has 1 aromatic rings. The summed E-state index contributed by atoms with van der Waals surface area (Å²) in [5, 5.41) is 2.43. The van der Waals surface area contributed by atoms with Crippen molar-refractivity contribution in [1.82, 2.24) is 20.2 Å². The van der Waals surface area contributed by atoms with Crippen LogP contribution in [0.5, 0.6) is 0 Å². The maximum absolute atomic E-state index is 12.4. The Balaban J connectivity index is 0.00000189. The van der Waals surface area contributed by atoms with E-state index in [1.54, 1.807) is 4.90 Å². The summed E-state index contributed by atoms with van der Waals surface area (Å²) in [5.74, 6) is 0.562. The van der Waals surface area contributed by atoms with Crippen LogP contribution in [0.15, 0.2) is 35.6 Å². The molecule has 1 aromatic heterocycles. The summed E-state index contributed by atoms with van der Waals surface area (Å²) >= 11 is 0. The van der Waals surface area contributed by atoms with Gasteiger partial charge in [-0.25, -0.2) is 9.78 Å². The van der Waals surface area contributed by atoms with Gasteiger partial charge in [-0.3, -0.25) is 4.79 Å². The van der Waals surface area contributed by atoms with E-state index >= 15 is 0 Å². The van der Waals surface area contributed by atoms with Gasteiger partial charge in [0.15, 0.2) is 0 Å². The first-order valence-corrected chi connectivity index (χ1v) is 12.1. The van der Waals surface area contributed by atoms with Crippen LogP contribution in [0.3, 0.4) is 0 Å². The second-order valence-electron chi connectivity index (χ2n) is 7.47. The highest BCUT2D eigenvalue weighted by atomic mass is 16.5. The minimum atomic E-state index is -0.616. The third-order valence-corrected chi connectivity index (χ3v) is 4.82. The fourth-order valence-corrected chi connectivity index (χ4v) is 3.06. The topological polar surface area (TPSA) is 87.3 Å². The van der Waals surface area contributed by atoms with Gasteiger partial charge in [0, 0.05) is 6.54 Å². The molecule has 0 aliphatic heterocycles. The number of carbonyl (C=O) groups is 2. The van der Waals surface area contributed by atoms with Gasteiger partial charge < -0.3 is 19.9 Å². The van der Waals surface area contributed by atoms with Gasteiger partial charge in [-0.1, -0.05) is 64.8 Å². The van der Waals surface area contributed by atoms with Crippen LogP contribution in [0.4, 0.5) is 4.79 Å². The number of imidazole rings is 1. The number of amides is 2. The molecule has 0 bridgehead atoms. The molecule has 0 saturated carbocycles. The lowest BCUT2D eigenvalue weighted by molar-refractivity contribution is -0.130. The minimum Gasteiger partial charge on any atom is -0.453 e. The maximum Gasteiger partial charge on any atom is 0.407 e. The molecule has 0 spiro atoms. The van der Waals surface area contributed by atoms with Crippen molar-refractivity contribution in [3.63, 3.8) is 0 Å². The number of allylic oxidation sites excluding steroid dienone is 6. The summed E-state index contributed by atoms with van der Waals surface area (Å²) < 4.78 is 4.50. The van der Waals surface area contributed by atoms with E-state index in [0.717, 1.165) is 30.8 Å². The molecule has 186 valence electrons. The Morgan fingerprint density at radius 3 is 2.39 bits per heavy atom. The standard InChI is InChI=1S/C21H30N4O3.C3H8.C2H6/c1-5-11-25(20(26)13-23-21(27)28-4)14-19-22-12-18(24-19)17-9-7-16(8-10-17)15(3)6-2;1-3-2;1-2/h6-7,9,12H,5,8,10-11,13-14H2,1-4H3,(H,22,24)(H,23,27);3H2,1-2H3;1-2H3/b15-6-;;. The van der Waals surface area contributed by atoms with Crippen LogP contribution in [-0.2, 0) is 16.1 Å². The average Bonchev–Trinajstić information content (AvgIpc) is 3.32. The van der Waals surface area contributed by atoms with Crippen LogP contribution < -0.4 is 5.32 Å². The van der Waals surface area contributed by atoms with Crippen molar-refractivity contribution in [2.45, 2.75) is 80.7 Å². The van der Waals surface area contributed by atoms with Gasteiger partial charge in [-0.05, 0) is 44.3 Å². The van der Waals surface area contributed by atoms with Crippen molar-refractivity contribution >= 4 is 17.6 Å². The monoisotopic (exact) mass is 460 g/mol. The lowest BCUT2D eigenvalue weighted by Crippen LogP contribution is -2.40. The predicted octanol–water partition coefficient (Wildman–Crippen LogP) is 6.02. The molecule has 2 amide bonds. The number of nitrogens with one attached hydrogen (secondary N) is 2. The molecule has 0 radical (unpaired) electrons. The van der Waals surface area contributed by atoms with Crippen molar-refractivity contribution in [3.8, 4) is 0 Å². The van der Waals surface area contributed by atoms with Gasteiger partial charge in [0.2, 0.25) is 5.91 Å². The van der Waals surface area contributed by atoms with Gasteiger partial charge in [-0.15, -0.1) is 0 Å². The SMILES string of the molecule is C/C=C(/C)C1=CC=C(c2cnc(CN(CCC)C(=O)CNC(=O)OC)[nH]2)CC1.CC.CCC. The fourth-order valence-electron chi connectivity index (χ4n) is 3.06. The highest BCUT2D eigenvalue weighted by Crippen LogP contribution is 2.29. The number of hydrogen-bond donors (Lipinski definition) is 2. The van der Waals surface area contributed by atoms with Gasteiger partial charge in [-0.2, -0.15) is 0 Å². The van der Waals surface area contributed by atoms with Crippen molar-refractivity contribution in [2.24, 2.45) is 0 Å².